The molecule has 1 heterocycles. The van der Waals surface area contributed by atoms with Crippen molar-refractivity contribution in [1.82, 2.24) is 9.55 Å². The molecule has 0 saturated carbocycles. The van der Waals surface area contributed by atoms with Crippen LogP contribution in [0.3, 0.4) is 0 Å². The molecule has 0 bridgehead atoms. The van der Waals surface area contributed by atoms with Crippen LogP contribution in [0, 0.1) is 6.92 Å². The maximum absolute atomic E-state index is 10.6. The first-order valence-corrected chi connectivity index (χ1v) is 6.11. The van der Waals surface area contributed by atoms with E-state index in [1.54, 1.807) is 0 Å². The van der Waals surface area contributed by atoms with Crippen molar-refractivity contribution in [3.05, 3.63) is 28.0 Å². The predicted molar refractivity (Wildman–Crippen MR) is 69.1 cm³/mol. The van der Waals surface area contributed by atoms with Crippen LogP contribution in [0.15, 0.2) is 16.6 Å². The molecule has 2 aromatic rings. The van der Waals surface area contributed by atoms with Crippen LogP contribution in [-0.4, -0.2) is 20.6 Å². The fourth-order valence-corrected chi connectivity index (χ4v) is 2.75. The molecule has 0 aliphatic carbocycles. The number of nitrogens with zero attached hydrogens (tertiary/aromatic N) is 2. The molecule has 0 unspecified atom stereocenters. The molecule has 1 N–H and O–H groups in total. The first kappa shape index (κ1) is 12.1. The third kappa shape index (κ3) is 2.34. The van der Waals surface area contributed by atoms with Gasteiger partial charge in [-0.3, -0.25) is 4.79 Å². The minimum atomic E-state index is -0.799. The van der Waals surface area contributed by atoms with Crippen LogP contribution in [0.25, 0.3) is 11.0 Å². The van der Waals surface area contributed by atoms with E-state index in [-0.39, 0.29) is 6.42 Å². The summed E-state index contributed by atoms with van der Waals surface area (Å²) in [5.41, 5.74) is 3.04. The zero-order valence-corrected chi connectivity index (χ0v) is 11.3. The maximum atomic E-state index is 10.6. The van der Waals surface area contributed by atoms with Gasteiger partial charge in [0.2, 0.25) is 0 Å². The smallest absolute Gasteiger partial charge is 0.303 e. The van der Waals surface area contributed by atoms with E-state index in [9.17, 15) is 4.79 Å². The lowest BCUT2D eigenvalue weighted by molar-refractivity contribution is -0.137. The van der Waals surface area contributed by atoms with Crippen molar-refractivity contribution in [2.45, 2.75) is 19.8 Å². The Morgan fingerprint density at radius 2 is 2.24 bits per heavy atom. The second-order valence-corrected chi connectivity index (χ2v) is 4.95. The molecule has 4 nitrogen and oxygen atoms in total. The molecule has 90 valence electrons. The van der Waals surface area contributed by atoms with E-state index in [1.807, 2.05) is 30.7 Å². The Hall–Kier alpha value is -1.36. The number of carbonyl (C=O) groups is 1. The average Bonchev–Trinajstić information content (AvgIpc) is 2.52. The molecular formula is C12H13BrN2O2. The molecule has 17 heavy (non-hydrogen) atoms. The molecule has 0 radical (unpaired) electrons. The quantitative estimate of drug-likeness (QED) is 0.947. The summed E-state index contributed by atoms with van der Waals surface area (Å²) in [7, 11) is 1.91. The summed E-state index contributed by atoms with van der Waals surface area (Å²) in [4.78, 5) is 15.0. The zero-order valence-electron chi connectivity index (χ0n) is 9.70. The number of hydrogen-bond donors (Lipinski definition) is 1. The Morgan fingerprint density at radius 1 is 1.53 bits per heavy atom. The summed E-state index contributed by atoms with van der Waals surface area (Å²) >= 11 is 3.51. The number of aryl methyl sites for hydroxylation is 3. The normalized spacial score (nSPS) is 11.0. The average molecular weight is 297 g/mol. The van der Waals surface area contributed by atoms with Gasteiger partial charge in [0.05, 0.1) is 17.5 Å². The fraction of sp³-hybridized carbons (Fsp3) is 0.333. The monoisotopic (exact) mass is 296 g/mol. The third-order valence-electron chi connectivity index (χ3n) is 2.72. The van der Waals surface area contributed by atoms with Gasteiger partial charge >= 0.3 is 5.97 Å². The van der Waals surface area contributed by atoms with E-state index in [1.165, 1.54) is 0 Å². The molecule has 0 atom stereocenters. The second-order valence-electron chi connectivity index (χ2n) is 4.10. The van der Waals surface area contributed by atoms with Crippen molar-refractivity contribution in [3.63, 3.8) is 0 Å². The number of aromatic nitrogens is 2. The molecule has 2 rings (SSSR count). The van der Waals surface area contributed by atoms with Gasteiger partial charge in [-0.2, -0.15) is 0 Å². The number of carboxylic acids is 1. The van der Waals surface area contributed by atoms with Crippen LogP contribution in [0.5, 0.6) is 0 Å². The molecular weight excluding hydrogens is 284 g/mol. The van der Waals surface area contributed by atoms with Crippen LogP contribution in [0.1, 0.15) is 17.8 Å². The summed E-state index contributed by atoms with van der Waals surface area (Å²) in [6, 6.07) is 4.04. The number of hydrogen-bond acceptors (Lipinski definition) is 2. The van der Waals surface area contributed by atoms with Crippen LogP contribution < -0.4 is 0 Å². The Morgan fingerprint density at radius 3 is 2.88 bits per heavy atom. The fourth-order valence-electron chi connectivity index (χ4n) is 1.92. The SMILES string of the molecule is Cc1cc(Br)c2c(c1)nc(CCC(=O)O)n2C. The van der Waals surface area contributed by atoms with Crippen molar-refractivity contribution >= 4 is 32.9 Å². The van der Waals surface area contributed by atoms with E-state index < -0.39 is 5.97 Å². The van der Waals surface area contributed by atoms with Gasteiger partial charge in [0.15, 0.2) is 0 Å². The highest BCUT2D eigenvalue weighted by molar-refractivity contribution is 9.10. The van der Waals surface area contributed by atoms with Crippen molar-refractivity contribution in [2.75, 3.05) is 0 Å². The van der Waals surface area contributed by atoms with E-state index in [4.69, 9.17) is 5.11 Å². The molecule has 0 aliphatic heterocycles. The van der Waals surface area contributed by atoms with Crippen molar-refractivity contribution in [2.24, 2.45) is 7.05 Å². The van der Waals surface area contributed by atoms with Crippen LogP contribution in [0.4, 0.5) is 0 Å². The summed E-state index contributed by atoms with van der Waals surface area (Å²) < 4.78 is 2.94. The van der Waals surface area contributed by atoms with Gasteiger partial charge in [0.1, 0.15) is 5.82 Å². The van der Waals surface area contributed by atoms with Gasteiger partial charge < -0.3 is 9.67 Å². The predicted octanol–water partition coefficient (Wildman–Crippen LogP) is 2.66. The second kappa shape index (κ2) is 4.49. The van der Waals surface area contributed by atoms with Gasteiger partial charge in [-0.25, -0.2) is 4.98 Å². The molecule has 0 fully saturated rings. The number of fused-ring (bicyclic) bond motifs is 1. The summed E-state index contributed by atoms with van der Waals surface area (Å²) in [5, 5.41) is 8.69. The lowest BCUT2D eigenvalue weighted by Crippen LogP contribution is -2.03. The van der Waals surface area contributed by atoms with Gasteiger partial charge in [-0.15, -0.1) is 0 Å². The van der Waals surface area contributed by atoms with Crippen LogP contribution >= 0.6 is 15.9 Å². The Balaban J connectivity index is 2.49. The third-order valence-corrected chi connectivity index (χ3v) is 3.33. The van der Waals surface area contributed by atoms with Crippen LogP contribution in [-0.2, 0) is 18.3 Å². The number of rotatable bonds is 3. The number of aliphatic carboxylic acids is 1. The van der Waals surface area contributed by atoms with Gasteiger partial charge in [0, 0.05) is 17.9 Å². The number of carboxylic acid groups (broad SMARTS) is 1. The minimum absolute atomic E-state index is 0.105. The lowest BCUT2D eigenvalue weighted by Gasteiger charge is -2.02. The van der Waals surface area contributed by atoms with Crippen LogP contribution in [0.2, 0.25) is 0 Å². The van der Waals surface area contributed by atoms with E-state index >= 15 is 0 Å². The molecule has 0 aliphatic rings. The van der Waals surface area contributed by atoms with E-state index in [0.717, 1.165) is 26.9 Å². The standard InChI is InChI=1S/C12H13BrN2O2/c1-7-5-8(13)12-9(6-7)14-10(15(12)2)3-4-11(16)17/h5-6H,3-4H2,1-2H3,(H,16,17). The van der Waals surface area contributed by atoms with Gasteiger partial charge in [-0.1, -0.05) is 0 Å². The Bertz CT molecular complexity index is 590. The first-order chi connectivity index (χ1) is 7.99. The highest BCUT2D eigenvalue weighted by atomic mass is 79.9. The zero-order chi connectivity index (χ0) is 12.6. The molecule has 0 saturated heterocycles. The van der Waals surface area contributed by atoms with Gasteiger partial charge in [-0.05, 0) is 40.5 Å². The van der Waals surface area contributed by atoms with Gasteiger partial charge in [0.25, 0.3) is 0 Å². The topological polar surface area (TPSA) is 55.1 Å². The highest BCUT2D eigenvalue weighted by Crippen LogP contribution is 2.26. The number of halogens is 1. The molecule has 0 spiro atoms. The largest absolute Gasteiger partial charge is 0.481 e. The molecule has 5 heteroatoms. The maximum Gasteiger partial charge on any atom is 0.303 e. The summed E-state index contributed by atoms with van der Waals surface area (Å²) in [6.45, 7) is 2.01. The summed E-state index contributed by atoms with van der Waals surface area (Å²) in [6.07, 6.45) is 0.555. The van der Waals surface area contributed by atoms with E-state index in [0.29, 0.717) is 6.42 Å². The van der Waals surface area contributed by atoms with Crippen molar-refractivity contribution in [3.8, 4) is 0 Å². The number of imidazole rings is 1. The highest BCUT2D eigenvalue weighted by Gasteiger charge is 2.12. The van der Waals surface area contributed by atoms with Crippen molar-refractivity contribution < 1.29 is 9.90 Å². The molecule has 1 aromatic heterocycles. The Kier molecular flexibility index (Phi) is 3.19. The van der Waals surface area contributed by atoms with E-state index in [2.05, 4.69) is 20.9 Å². The lowest BCUT2D eigenvalue weighted by atomic mass is 10.2. The summed E-state index contributed by atoms with van der Waals surface area (Å²) in [5.74, 6) is 0.000928. The van der Waals surface area contributed by atoms with Crippen molar-refractivity contribution in [1.29, 1.82) is 0 Å². The first-order valence-electron chi connectivity index (χ1n) is 5.32. The Labute approximate surface area is 107 Å². The minimum Gasteiger partial charge on any atom is -0.481 e. The number of benzene rings is 1. The molecule has 0 amide bonds. The molecule has 1 aromatic carbocycles.